The fourth-order valence-electron chi connectivity index (χ4n) is 4.17. The van der Waals surface area contributed by atoms with Crippen LogP contribution in [-0.4, -0.2) is 37.0 Å². The Morgan fingerprint density at radius 1 is 1.33 bits per heavy atom. The van der Waals surface area contributed by atoms with Gasteiger partial charge in [0.2, 0.25) is 5.89 Å². The van der Waals surface area contributed by atoms with E-state index in [1.807, 2.05) is 0 Å². The van der Waals surface area contributed by atoms with Gasteiger partial charge in [0.05, 0.1) is 17.0 Å². The van der Waals surface area contributed by atoms with Gasteiger partial charge < -0.3 is 14.9 Å². The Morgan fingerprint density at radius 3 is 2.82 bits per heavy atom. The lowest BCUT2D eigenvalue weighted by atomic mass is 10.1. The first kappa shape index (κ1) is 21.7. The molecule has 1 fully saturated rings. The quantitative estimate of drug-likeness (QED) is 0.447. The fraction of sp³-hybridized carbons (Fsp3) is 0.364. The summed E-state index contributed by atoms with van der Waals surface area (Å²) < 4.78 is 34.9. The summed E-state index contributed by atoms with van der Waals surface area (Å²) in [4.78, 5) is 18.1. The molecule has 8 nitrogen and oxygen atoms in total. The topological polar surface area (TPSA) is 106 Å². The maximum Gasteiger partial charge on any atom is 0.262 e. The molecule has 0 bridgehead atoms. The molecule has 0 spiro atoms. The zero-order chi connectivity index (χ0) is 23.3. The van der Waals surface area contributed by atoms with Crippen LogP contribution >= 0.6 is 11.3 Å². The normalized spacial score (nSPS) is 19.3. The van der Waals surface area contributed by atoms with Crippen molar-refractivity contribution in [2.24, 2.45) is 0 Å². The summed E-state index contributed by atoms with van der Waals surface area (Å²) >= 11 is 1.20. The highest BCUT2D eigenvalue weighted by Crippen LogP contribution is 2.40. The van der Waals surface area contributed by atoms with Crippen molar-refractivity contribution in [3.8, 4) is 11.3 Å². The highest BCUT2D eigenvalue weighted by molar-refractivity contribution is 7.20. The molecule has 0 radical (unpaired) electrons. The standard InChI is InChI=1S/C22H21F2N5O3S/c1-10(21-26-11(2)28-32-21)25-20(31)18-9-14-19(13-7-6-12(23)8-15(13)24)27-29(22(14)33-18)16-4-3-5-17(16)30/h6-10,16-17,30H,3-5H2,1-2H3,(H,25,31)/t10-,16?,17?/m1/s1. The Kier molecular flexibility index (Phi) is 5.45. The van der Waals surface area contributed by atoms with E-state index in [9.17, 15) is 18.7 Å². The van der Waals surface area contributed by atoms with Crippen LogP contribution in [0.1, 0.15) is 59.7 Å². The number of benzene rings is 1. The summed E-state index contributed by atoms with van der Waals surface area (Å²) in [6.45, 7) is 3.42. The van der Waals surface area contributed by atoms with Crippen LogP contribution in [0, 0.1) is 18.6 Å². The molecule has 2 N–H and O–H groups in total. The van der Waals surface area contributed by atoms with E-state index >= 15 is 0 Å². The van der Waals surface area contributed by atoms with E-state index in [1.165, 1.54) is 23.5 Å². The number of hydrogen-bond acceptors (Lipinski definition) is 7. The molecule has 172 valence electrons. The van der Waals surface area contributed by atoms with Gasteiger partial charge in [0.25, 0.3) is 5.91 Å². The van der Waals surface area contributed by atoms with E-state index in [4.69, 9.17) is 4.52 Å². The van der Waals surface area contributed by atoms with Crippen LogP contribution in [-0.2, 0) is 0 Å². The molecule has 5 rings (SSSR count). The number of rotatable bonds is 5. The first-order chi connectivity index (χ1) is 15.8. The molecule has 0 saturated heterocycles. The van der Waals surface area contributed by atoms with Gasteiger partial charge >= 0.3 is 0 Å². The molecule has 4 aromatic rings. The van der Waals surface area contributed by atoms with Gasteiger partial charge in [-0.25, -0.2) is 13.5 Å². The Bertz CT molecular complexity index is 1350. The molecule has 2 unspecified atom stereocenters. The Labute approximate surface area is 191 Å². The number of halogens is 2. The first-order valence-electron chi connectivity index (χ1n) is 10.6. The number of aliphatic hydroxyl groups excluding tert-OH is 1. The molecule has 3 atom stereocenters. The highest BCUT2D eigenvalue weighted by atomic mass is 32.1. The minimum Gasteiger partial charge on any atom is -0.391 e. The highest BCUT2D eigenvalue weighted by Gasteiger charge is 2.32. The summed E-state index contributed by atoms with van der Waals surface area (Å²) in [5.41, 5.74) is 0.435. The number of aliphatic hydroxyl groups is 1. The number of aryl methyl sites for hydroxylation is 1. The Hall–Kier alpha value is -3.18. The maximum absolute atomic E-state index is 14.6. The second-order valence-corrected chi connectivity index (χ2v) is 9.22. The van der Waals surface area contributed by atoms with Crippen LogP contribution in [0.2, 0.25) is 0 Å². The summed E-state index contributed by atoms with van der Waals surface area (Å²) in [5.74, 6) is -1.03. The molecule has 1 aliphatic carbocycles. The van der Waals surface area contributed by atoms with Crippen molar-refractivity contribution in [3.63, 3.8) is 0 Å². The van der Waals surface area contributed by atoms with Gasteiger partial charge in [-0.15, -0.1) is 11.3 Å². The van der Waals surface area contributed by atoms with Crippen molar-refractivity contribution >= 4 is 27.5 Å². The fourth-order valence-corrected chi connectivity index (χ4v) is 5.24. The number of aromatic nitrogens is 4. The van der Waals surface area contributed by atoms with Gasteiger partial charge in [-0.3, -0.25) is 4.79 Å². The first-order valence-corrected chi connectivity index (χ1v) is 11.4. The predicted molar refractivity (Wildman–Crippen MR) is 117 cm³/mol. The molecule has 11 heteroatoms. The number of amides is 1. The molecule has 1 amide bonds. The minimum atomic E-state index is -0.744. The minimum absolute atomic E-state index is 0.132. The van der Waals surface area contributed by atoms with E-state index in [-0.39, 0.29) is 23.4 Å². The molecular formula is C22H21F2N5O3S. The number of hydrogen-bond donors (Lipinski definition) is 2. The van der Waals surface area contributed by atoms with Crippen molar-refractivity contribution in [2.75, 3.05) is 0 Å². The lowest BCUT2D eigenvalue weighted by Gasteiger charge is -2.15. The summed E-state index contributed by atoms with van der Waals surface area (Å²) in [5, 5.41) is 22.2. The molecule has 3 aromatic heterocycles. The van der Waals surface area contributed by atoms with Gasteiger partial charge in [0.1, 0.15) is 28.2 Å². The Balaban J connectivity index is 1.56. The van der Waals surface area contributed by atoms with Gasteiger partial charge in [-0.2, -0.15) is 10.1 Å². The molecule has 1 saturated carbocycles. The zero-order valence-electron chi connectivity index (χ0n) is 17.9. The molecule has 1 aromatic carbocycles. The molecule has 33 heavy (non-hydrogen) atoms. The van der Waals surface area contributed by atoms with Crippen LogP contribution in [0.3, 0.4) is 0 Å². The van der Waals surface area contributed by atoms with Crippen molar-refractivity contribution in [2.45, 2.75) is 51.3 Å². The number of carbonyl (C=O) groups excluding carboxylic acids is 1. The summed E-state index contributed by atoms with van der Waals surface area (Å²) in [7, 11) is 0. The Morgan fingerprint density at radius 2 is 2.15 bits per heavy atom. The van der Waals surface area contributed by atoms with Crippen molar-refractivity contribution < 1.29 is 23.2 Å². The lowest BCUT2D eigenvalue weighted by molar-refractivity contribution is 0.0936. The zero-order valence-corrected chi connectivity index (χ0v) is 18.7. The van der Waals surface area contributed by atoms with Crippen LogP contribution in [0.5, 0.6) is 0 Å². The van der Waals surface area contributed by atoms with Gasteiger partial charge in [-0.1, -0.05) is 5.16 Å². The summed E-state index contributed by atoms with van der Waals surface area (Å²) in [6, 6.07) is 4.16. The second-order valence-electron chi connectivity index (χ2n) is 8.19. The third kappa shape index (κ3) is 3.91. The van der Waals surface area contributed by atoms with Crippen molar-refractivity contribution in [1.82, 2.24) is 25.2 Å². The average molecular weight is 474 g/mol. The van der Waals surface area contributed by atoms with E-state index in [0.29, 0.717) is 33.0 Å². The van der Waals surface area contributed by atoms with Crippen LogP contribution in [0.4, 0.5) is 8.78 Å². The number of nitrogens with zero attached hydrogens (tertiary/aromatic N) is 4. The molecule has 1 aliphatic rings. The predicted octanol–water partition coefficient (Wildman–Crippen LogP) is 4.31. The SMILES string of the molecule is Cc1noc([C@@H](C)NC(=O)c2cc3c(-c4ccc(F)cc4F)nn(C4CCCC4O)c3s2)n1. The maximum atomic E-state index is 14.6. The monoisotopic (exact) mass is 473 g/mol. The van der Waals surface area contributed by atoms with Crippen LogP contribution < -0.4 is 5.32 Å². The third-order valence-electron chi connectivity index (χ3n) is 5.81. The molecule has 3 heterocycles. The van der Waals surface area contributed by atoms with E-state index in [0.717, 1.165) is 18.9 Å². The van der Waals surface area contributed by atoms with Crippen molar-refractivity contribution in [1.29, 1.82) is 0 Å². The van der Waals surface area contributed by atoms with E-state index in [2.05, 4.69) is 20.6 Å². The number of fused-ring (bicyclic) bond motifs is 1. The number of carbonyl (C=O) groups is 1. The van der Waals surface area contributed by atoms with Crippen LogP contribution in [0.15, 0.2) is 28.8 Å². The largest absolute Gasteiger partial charge is 0.391 e. The summed E-state index contributed by atoms with van der Waals surface area (Å²) in [6.07, 6.45) is 1.62. The van der Waals surface area contributed by atoms with E-state index in [1.54, 1.807) is 24.6 Å². The molecule has 0 aliphatic heterocycles. The smallest absolute Gasteiger partial charge is 0.262 e. The third-order valence-corrected chi connectivity index (χ3v) is 6.94. The second kappa shape index (κ2) is 8.31. The van der Waals surface area contributed by atoms with E-state index < -0.39 is 23.8 Å². The molecular weight excluding hydrogens is 452 g/mol. The van der Waals surface area contributed by atoms with Gasteiger partial charge in [0.15, 0.2) is 5.82 Å². The number of thiophene rings is 1. The van der Waals surface area contributed by atoms with Gasteiger partial charge in [-0.05, 0) is 51.3 Å². The van der Waals surface area contributed by atoms with Crippen molar-refractivity contribution in [3.05, 3.63) is 52.5 Å². The van der Waals surface area contributed by atoms with Crippen LogP contribution in [0.25, 0.3) is 21.5 Å². The van der Waals surface area contributed by atoms with Gasteiger partial charge in [0, 0.05) is 17.0 Å². The lowest BCUT2D eigenvalue weighted by Crippen LogP contribution is -2.26. The average Bonchev–Trinajstić information content (AvgIpc) is 3.53. The number of nitrogens with one attached hydrogen (secondary N) is 1.